The highest BCUT2D eigenvalue weighted by Crippen LogP contribution is 2.66. The summed E-state index contributed by atoms with van der Waals surface area (Å²) in [5, 5.41) is 4.38. The van der Waals surface area contributed by atoms with Crippen molar-refractivity contribution in [1.29, 1.82) is 0 Å². The summed E-state index contributed by atoms with van der Waals surface area (Å²) in [6.07, 6.45) is 3.06. The van der Waals surface area contributed by atoms with E-state index in [0.717, 1.165) is 31.8 Å². The zero-order valence-corrected chi connectivity index (χ0v) is 34.3. The molecule has 1 aliphatic carbocycles. The topological polar surface area (TPSA) is 274 Å². The minimum absolute atomic E-state index is 0.0695. The Hall–Kier alpha value is -4.12. The molecule has 2 aliphatic heterocycles. The largest absolute Gasteiger partial charge is 0.490 e. The van der Waals surface area contributed by atoms with E-state index in [2.05, 4.69) is 63.4 Å². The molecular weight excluding hydrogens is 825 g/mol. The lowest BCUT2D eigenvalue weighted by Crippen LogP contribution is -2.25. The lowest BCUT2D eigenvalue weighted by Gasteiger charge is -2.19. The van der Waals surface area contributed by atoms with Gasteiger partial charge >= 0.3 is 23.5 Å². The van der Waals surface area contributed by atoms with Crippen LogP contribution in [-0.2, 0) is 36.4 Å². The van der Waals surface area contributed by atoms with Gasteiger partial charge in [0, 0.05) is 44.0 Å². The molecule has 304 valence electrons. The first-order valence-corrected chi connectivity index (χ1v) is 22.6. The van der Waals surface area contributed by atoms with Gasteiger partial charge in [-0.3, -0.25) is 9.32 Å². The standard InChI is InChI=1S/C33H39N8O12P3S/c1-39(2)22-8-11-25-27(16-22)57-28-17-23(9-12-26(28)38-25)40(3)15-5-7-29(42)35-14-4-6-21-18-41(33-31(21)32(34)36-20-37-33)30-13-10-24(51-30)19-50-55(46,47)53-56(48,49)52-54(43,44)45/h8-9,11-12,16-18,20,24,30H,5,7,10,13-15,19H2,1-3H3,(H6-,34,35,36,37,42,43,44,45,46,47,48,49)/p+1/t24-,30+/m0/s1. The summed E-state index contributed by atoms with van der Waals surface area (Å²) >= 11 is 1.69. The van der Waals surface area contributed by atoms with Gasteiger partial charge < -0.3 is 44.8 Å². The molecule has 57 heavy (non-hydrogen) atoms. The number of amides is 1. The van der Waals surface area contributed by atoms with Crippen LogP contribution in [0, 0.1) is 11.8 Å². The third-order valence-electron chi connectivity index (χ3n) is 8.67. The Morgan fingerprint density at radius 3 is 2.65 bits per heavy atom. The number of rotatable bonds is 14. The van der Waals surface area contributed by atoms with Crippen molar-refractivity contribution in [2.45, 2.75) is 38.0 Å². The molecule has 2 unspecified atom stereocenters. The molecule has 1 fully saturated rings. The molecule has 4 heterocycles. The molecular formula is C33H40N8O12P3S+. The number of hydrogen-bond acceptors (Lipinski definition) is 14. The number of phosphoric ester groups is 1. The molecule has 7 N–H and O–H groups in total. The Kier molecular flexibility index (Phi) is 13.0. The first kappa shape index (κ1) is 42.5. The van der Waals surface area contributed by atoms with Gasteiger partial charge in [0.25, 0.3) is 0 Å². The van der Waals surface area contributed by atoms with Crippen LogP contribution in [0.2, 0.25) is 0 Å². The van der Waals surface area contributed by atoms with Crippen LogP contribution in [0.1, 0.15) is 37.5 Å². The average molecular weight is 866 g/mol. The van der Waals surface area contributed by atoms with E-state index in [9.17, 15) is 28.3 Å². The fraction of sp³-hybridized carbons (Fsp3) is 0.364. The SMILES string of the molecule is CN(CCCC(=O)NCC#Cc1cn([C@H]2CC[C@@H](COP(=O)(O)OP(=O)(O)OP(=O)(O)O)O2)c2ncnc(N)c12)c1ccc2nc3ccc(=[N+](C)C)cc-3sc2c1. The van der Waals surface area contributed by atoms with E-state index in [4.69, 9.17) is 29.8 Å². The summed E-state index contributed by atoms with van der Waals surface area (Å²) < 4.78 is 57.5. The summed E-state index contributed by atoms with van der Waals surface area (Å²) in [5.74, 6) is 5.95. The third kappa shape index (κ3) is 11.1. The van der Waals surface area contributed by atoms with E-state index in [-0.39, 0.29) is 18.3 Å². The summed E-state index contributed by atoms with van der Waals surface area (Å²) in [6, 6.07) is 12.4. The predicted molar refractivity (Wildman–Crippen MR) is 211 cm³/mol. The monoisotopic (exact) mass is 865 g/mol. The number of aromatic nitrogens is 4. The van der Waals surface area contributed by atoms with Crippen molar-refractivity contribution in [3.05, 3.63) is 59.8 Å². The highest BCUT2D eigenvalue weighted by Gasteiger charge is 2.41. The molecule has 3 aromatic rings. The van der Waals surface area contributed by atoms with Crippen LogP contribution in [0.25, 0.3) is 31.8 Å². The first-order chi connectivity index (χ1) is 26.9. The van der Waals surface area contributed by atoms with Crippen LogP contribution in [0.4, 0.5) is 11.5 Å². The second-order valence-corrected chi connectivity index (χ2v) is 18.6. The number of nitrogen functional groups attached to an aromatic ring is 1. The zero-order valence-electron chi connectivity index (χ0n) is 30.8. The number of nitrogens with one attached hydrogen (secondary N) is 1. The van der Waals surface area contributed by atoms with Gasteiger partial charge in [-0.15, -0.1) is 11.3 Å². The molecule has 1 aromatic carbocycles. The predicted octanol–water partition coefficient (Wildman–Crippen LogP) is 3.17. The maximum absolute atomic E-state index is 12.7. The van der Waals surface area contributed by atoms with Crippen molar-refractivity contribution in [3.63, 3.8) is 0 Å². The number of phosphoric acid groups is 3. The Balaban J connectivity index is 1.01. The molecule has 4 atom stereocenters. The quantitative estimate of drug-likeness (QED) is 0.0405. The second-order valence-electron chi connectivity index (χ2n) is 13.1. The van der Waals surface area contributed by atoms with E-state index in [1.54, 1.807) is 22.1 Å². The normalized spacial score (nSPS) is 17.9. The minimum atomic E-state index is -5.65. The summed E-state index contributed by atoms with van der Waals surface area (Å²) in [4.78, 5) is 65.6. The van der Waals surface area contributed by atoms with Gasteiger partial charge in [0.05, 0.1) is 51.0 Å². The van der Waals surface area contributed by atoms with Crippen molar-refractivity contribution in [1.82, 2.24) is 29.4 Å². The van der Waals surface area contributed by atoms with Gasteiger partial charge in [-0.25, -0.2) is 33.2 Å². The Labute approximate surface area is 329 Å². The summed E-state index contributed by atoms with van der Waals surface area (Å²) in [5.41, 5.74) is 9.95. The van der Waals surface area contributed by atoms with E-state index in [0.29, 0.717) is 48.8 Å². The summed E-state index contributed by atoms with van der Waals surface area (Å²) in [6.45, 7) is 0.138. The molecule has 2 aromatic heterocycles. The number of ether oxygens (including phenoxy) is 1. The van der Waals surface area contributed by atoms with Crippen molar-refractivity contribution in [2.24, 2.45) is 0 Å². The van der Waals surface area contributed by atoms with Crippen molar-refractivity contribution >= 4 is 73.5 Å². The zero-order chi connectivity index (χ0) is 41.1. The van der Waals surface area contributed by atoms with Crippen molar-refractivity contribution in [2.75, 3.05) is 51.5 Å². The van der Waals surface area contributed by atoms with Gasteiger partial charge in [-0.1, -0.05) is 11.8 Å². The van der Waals surface area contributed by atoms with Crippen molar-refractivity contribution in [3.8, 4) is 22.4 Å². The van der Waals surface area contributed by atoms with E-state index >= 15 is 0 Å². The van der Waals surface area contributed by atoms with E-state index in [1.807, 2.05) is 39.3 Å². The van der Waals surface area contributed by atoms with Crippen molar-refractivity contribution < 1.29 is 55.9 Å². The van der Waals surface area contributed by atoms with Gasteiger partial charge in [-0.2, -0.15) is 8.62 Å². The van der Waals surface area contributed by atoms with Gasteiger partial charge in [-0.05, 0) is 43.5 Å². The van der Waals surface area contributed by atoms with Crippen LogP contribution >= 0.6 is 34.8 Å². The van der Waals surface area contributed by atoms with Crippen LogP contribution < -0.4 is 25.9 Å². The van der Waals surface area contributed by atoms with E-state index < -0.39 is 42.4 Å². The van der Waals surface area contributed by atoms with Crippen LogP contribution in [0.5, 0.6) is 0 Å². The number of anilines is 2. The maximum atomic E-state index is 12.7. The number of nitrogens with zero attached hydrogens (tertiary/aromatic N) is 6. The highest BCUT2D eigenvalue weighted by atomic mass is 32.1. The molecule has 0 bridgehead atoms. The molecule has 20 nitrogen and oxygen atoms in total. The van der Waals surface area contributed by atoms with Crippen LogP contribution in [-0.4, -0.2) is 91.9 Å². The smallest absolute Gasteiger partial charge is 0.383 e. The second kappa shape index (κ2) is 17.4. The van der Waals surface area contributed by atoms with E-state index in [1.165, 1.54) is 6.33 Å². The number of carbonyl (C=O) groups excluding carboxylic acids is 1. The minimum Gasteiger partial charge on any atom is -0.383 e. The van der Waals surface area contributed by atoms with Gasteiger partial charge in [0.2, 0.25) is 11.3 Å². The Bertz CT molecular complexity index is 2570. The van der Waals surface area contributed by atoms with Crippen LogP contribution in [0.3, 0.4) is 0 Å². The molecule has 1 amide bonds. The lowest BCUT2D eigenvalue weighted by atomic mass is 10.2. The molecule has 1 saturated heterocycles. The van der Waals surface area contributed by atoms with Gasteiger partial charge in [0.15, 0.2) is 0 Å². The molecule has 24 heteroatoms. The summed E-state index contributed by atoms with van der Waals surface area (Å²) in [7, 11) is -10.5. The Morgan fingerprint density at radius 1 is 1.11 bits per heavy atom. The van der Waals surface area contributed by atoms with Gasteiger partial charge in [0.1, 0.15) is 38.1 Å². The number of fused-ring (bicyclic) bond motifs is 3. The maximum Gasteiger partial charge on any atom is 0.490 e. The first-order valence-electron chi connectivity index (χ1n) is 17.2. The third-order valence-corrected chi connectivity index (χ3v) is 13.6. The number of carbonyl (C=O) groups is 1. The van der Waals surface area contributed by atoms with Crippen LogP contribution in [0.15, 0.2) is 48.9 Å². The number of nitrogens with two attached hydrogens (primary N) is 1. The number of benzene rings is 2. The number of hydrogen-bond donors (Lipinski definition) is 6. The fourth-order valence-electron chi connectivity index (χ4n) is 6.01. The lowest BCUT2D eigenvalue weighted by molar-refractivity contribution is -0.120. The molecule has 0 spiro atoms. The Morgan fingerprint density at radius 2 is 1.89 bits per heavy atom. The fourth-order valence-corrected chi connectivity index (χ4v) is 10.1. The molecule has 6 rings (SSSR count). The molecule has 0 saturated carbocycles. The highest BCUT2D eigenvalue weighted by molar-refractivity contribution is 7.66. The molecule has 3 aliphatic rings. The molecule has 0 radical (unpaired) electrons. The average Bonchev–Trinajstić information content (AvgIpc) is 3.75.